The Bertz CT molecular complexity index is 670. The molecule has 0 saturated carbocycles. The first-order valence-corrected chi connectivity index (χ1v) is 8.05. The number of hydrogen-bond acceptors (Lipinski definition) is 4. The van der Waals surface area contributed by atoms with Crippen LogP contribution in [0.15, 0.2) is 18.2 Å². The van der Waals surface area contributed by atoms with Gasteiger partial charge in [0.2, 0.25) is 5.95 Å². The van der Waals surface area contributed by atoms with E-state index in [1.807, 2.05) is 32.9 Å². The molecule has 1 aliphatic rings. The van der Waals surface area contributed by atoms with Crippen molar-refractivity contribution in [3.8, 4) is 0 Å². The van der Waals surface area contributed by atoms with Crippen LogP contribution in [-0.4, -0.2) is 23.1 Å². The molecule has 22 heavy (non-hydrogen) atoms. The van der Waals surface area contributed by atoms with E-state index in [4.69, 9.17) is 11.6 Å². The maximum atomic E-state index is 6.36. The van der Waals surface area contributed by atoms with Crippen LogP contribution in [0.1, 0.15) is 29.7 Å². The zero-order valence-electron chi connectivity index (χ0n) is 13.3. The van der Waals surface area contributed by atoms with Gasteiger partial charge in [-0.1, -0.05) is 17.7 Å². The van der Waals surface area contributed by atoms with Gasteiger partial charge in [0, 0.05) is 24.8 Å². The summed E-state index contributed by atoms with van der Waals surface area (Å²) >= 11 is 6.36. The van der Waals surface area contributed by atoms with Crippen molar-refractivity contribution in [2.24, 2.45) is 0 Å². The van der Waals surface area contributed by atoms with Gasteiger partial charge in [-0.15, -0.1) is 0 Å². The van der Waals surface area contributed by atoms with Crippen molar-refractivity contribution in [1.29, 1.82) is 0 Å². The van der Waals surface area contributed by atoms with E-state index in [-0.39, 0.29) is 0 Å². The predicted molar refractivity (Wildman–Crippen MR) is 92.4 cm³/mol. The summed E-state index contributed by atoms with van der Waals surface area (Å²) in [7, 11) is 0. The van der Waals surface area contributed by atoms with E-state index in [1.54, 1.807) is 0 Å². The molecule has 1 N–H and O–H groups in total. The topological polar surface area (TPSA) is 41.1 Å². The van der Waals surface area contributed by atoms with Gasteiger partial charge in [0.05, 0.1) is 10.7 Å². The van der Waals surface area contributed by atoms with Gasteiger partial charge < -0.3 is 10.2 Å². The maximum Gasteiger partial charge on any atom is 0.229 e. The number of anilines is 3. The van der Waals surface area contributed by atoms with Crippen LogP contribution in [0.25, 0.3) is 0 Å². The number of nitrogens with zero attached hydrogens (tertiary/aromatic N) is 3. The lowest BCUT2D eigenvalue weighted by Gasteiger charge is -2.18. The van der Waals surface area contributed by atoms with Crippen LogP contribution >= 0.6 is 11.6 Å². The second kappa shape index (κ2) is 6.13. The number of aryl methyl sites for hydroxylation is 3. The molecular weight excluding hydrogens is 296 g/mol. The molecule has 4 nitrogen and oxygen atoms in total. The summed E-state index contributed by atoms with van der Waals surface area (Å²) in [6.07, 6.45) is 2.46. The molecule has 1 aromatic carbocycles. The van der Waals surface area contributed by atoms with Gasteiger partial charge in [0.15, 0.2) is 0 Å². The fourth-order valence-electron chi connectivity index (χ4n) is 2.90. The highest BCUT2D eigenvalue weighted by Crippen LogP contribution is 2.30. The molecule has 1 fully saturated rings. The summed E-state index contributed by atoms with van der Waals surface area (Å²) in [4.78, 5) is 11.5. The molecule has 0 aliphatic carbocycles. The van der Waals surface area contributed by atoms with Gasteiger partial charge in [0.25, 0.3) is 0 Å². The summed E-state index contributed by atoms with van der Waals surface area (Å²) in [5.41, 5.74) is 4.08. The minimum Gasteiger partial charge on any atom is -0.356 e. The lowest BCUT2D eigenvalue weighted by atomic mass is 10.1. The van der Waals surface area contributed by atoms with Gasteiger partial charge in [-0.05, 0) is 50.8 Å². The van der Waals surface area contributed by atoms with Crippen molar-refractivity contribution in [3.05, 3.63) is 40.0 Å². The predicted octanol–water partition coefficient (Wildman–Crippen LogP) is 4.40. The SMILES string of the molecule is Cc1cc(C)c(Nc2nc(C)cc(N3CCCC3)n2)c(Cl)c1. The second-order valence-corrected chi connectivity index (χ2v) is 6.36. The molecule has 0 atom stereocenters. The van der Waals surface area contributed by atoms with Crippen LogP contribution in [0.3, 0.4) is 0 Å². The highest BCUT2D eigenvalue weighted by atomic mass is 35.5. The number of aromatic nitrogens is 2. The van der Waals surface area contributed by atoms with Gasteiger partial charge in [-0.25, -0.2) is 4.98 Å². The quantitative estimate of drug-likeness (QED) is 0.911. The Morgan fingerprint density at radius 1 is 1.05 bits per heavy atom. The summed E-state index contributed by atoms with van der Waals surface area (Å²) in [5, 5.41) is 3.99. The minimum absolute atomic E-state index is 0.607. The molecular formula is C17H21ClN4. The molecule has 0 unspecified atom stereocenters. The first-order valence-electron chi connectivity index (χ1n) is 7.67. The van der Waals surface area contributed by atoms with Crippen LogP contribution < -0.4 is 10.2 Å². The third kappa shape index (κ3) is 3.17. The first kappa shape index (κ1) is 15.1. The van der Waals surface area contributed by atoms with Crippen molar-refractivity contribution in [1.82, 2.24) is 9.97 Å². The van der Waals surface area contributed by atoms with Crippen molar-refractivity contribution in [2.45, 2.75) is 33.6 Å². The van der Waals surface area contributed by atoms with Gasteiger partial charge in [-0.2, -0.15) is 4.98 Å². The molecule has 1 saturated heterocycles. The highest BCUT2D eigenvalue weighted by molar-refractivity contribution is 6.33. The molecule has 1 aromatic heterocycles. The van der Waals surface area contributed by atoms with Crippen LogP contribution in [0, 0.1) is 20.8 Å². The van der Waals surface area contributed by atoms with Crippen LogP contribution in [0.2, 0.25) is 5.02 Å². The minimum atomic E-state index is 0.607. The molecule has 0 radical (unpaired) electrons. The Morgan fingerprint density at radius 3 is 2.45 bits per heavy atom. The Kier molecular flexibility index (Phi) is 4.21. The molecule has 0 bridgehead atoms. The standard InChI is InChI=1S/C17H21ClN4/c1-11-8-12(2)16(14(18)9-11)21-17-19-13(3)10-15(20-17)22-6-4-5-7-22/h8-10H,4-7H2,1-3H3,(H,19,20,21). The largest absolute Gasteiger partial charge is 0.356 e. The fraction of sp³-hybridized carbons (Fsp3) is 0.412. The number of hydrogen-bond donors (Lipinski definition) is 1. The summed E-state index contributed by atoms with van der Waals surface area (Å²) in [6, 6.07) is 6.10. The van der Waals surface area contributed by atoms with Crippen LogP contribution in [-0.2, 0) is 0 Å². The Morgan fingerprint density at radius 2 is 1.77 bits per heavy atom. The van der Waals surface area contributed by atoms with E-state index >= 15 is 0 Å². The van der Waals surface area contributed by atoms with E-state index in [1.165, 1.54) is 12.8 Å². The Labute approximate surface area is 136 Å². The number of benzene rings is 1. The first-order chi connectivity index (χ1) is 10.5. The van der Waals surface area contributed by atoms with Crippen LogP contribution in [0.5, 0.6) is 0 Å². The van der Waals surface area contributed by atoms with Crippen molar-refractivity contribution in [3.63, 3.8) is 0 Å². The number of nitrogens with one attached hydrogen (secondary N) is 1. The molecule has 2 aromatic rings. The normalized spacial score (nSPS) is 14.5. The number of halogens is 1. The van der Waals surface area contributed by atoms with Gasteiger partial charge >= 0.3 is 0 Å². The zero-order valence-corrected chi connectivity index (χ0v) is 14.0. The smallest absolute Gasteiger partial charge is 0.229 e. The van der Waals surface area contributed by atoms with E-state index in [0.717, 1.165) is 41.4 Å². The van der Waals surface area contributed by atoms with Crippen molar-refractivity contribution in [2.75, 3.05) is 23.3 Å². The zero-order chi connectivity index (χ0) is 15.7. The average Bonchev–Trinajstić information content (AvgIpc) is 2.96. The molecule has 3 rings (SSSR count). The molecule has 0 spiro atoms. The Balaban J connectivity index is 1.92. The molecule has 2 heterocycles. The monoisotopic (exact) mass is 316 g/mol. The Hall–Kier alpha value is -1.81. The van der Waals surface area contributed by atoms with Crippen molar-refractivity contribution < 1.29 is 0 Å². The van der Waals surface area contributed by atoms with E-state index in [9.17, 15) is 0 Å². The third-order valence-electron chi connectivity index (χ3n) is 3.94. The average molecular weight is 317 g/mol. The molecule has 5 heteroatoms. The number of rotatable bonds is 3. The van der Waals surface area contributed by atoms with Crippen molar-refractivity contribution >= 4 is 29.1 Å². The fourth-order valence-corrected chi connectivity index (χ4v) is 3.27. The highest BCUT2D eigenvalue weighted by Gasteiger charge is 2.16. The van der Waals surface area contributed by atoms with E-state index in [0.29, 0.717) is 11.0 Å². The molecule has 1 aliphatic heterocycles. The summed E-state index contributed by atoms with van der Waals surface area (Å²) in [5.74, 6) is 1.60. The maximum absolute atomic E-state index is 6.36. The van der Waals surface area contributed by atoms with E-state index in [2.05, 4.69) is 26.3 Å². The lowest BCUT2D eigenvalue weighted by molar-refractivity contribution is 0.923. The molecule has 116 valence electrons. The van der Waals surface area contributed by atoms with Gasteiger partial charge in [-0.3, -0.25) is 0 Å². The second-order valence-electron chi connectivity index (χ2n) is 5.95. The summed E-state index contributed by atoms with van der Waals surface area (Å²) in [6.45, 7) is 8.21. The summed E-state index contributed by atoms with van der Waals surface area (Å²) < 4.78 is 0. The van der Waals surface area contributed by atoms with E-state index < -0.39 is 0 Å². The third-order valence-corrected chi connectivity index (χ3v) is 4.24. The van der Waals surface area contributed by atoms with Gasteiger partial charge in [0.1, 0.15) is 5.82 Å². The van der Waals surface area contributed by atoms with Crippen LogP contribution in [0.4, 0.5) is 17.5 Å². The lowest BCUT2D eigenvalue weighted by Crippen LogP contribution is -2.20. The molecule has 0 amide bonds.